The number of carbonyl (C=O) groups is 2. The molecule has 0 unspecified atom stereocenters. The third-order valence-electron chi connectivity index (χ3n) is 7.03. The highest BCUT2D eigenvalue weighted by molar-refractivity contribution is 7.99. The molecule has 0 fully saturated rings. The van der Waals surface area contributed by atoms with E-state index in [4.69, 9.17) is 14.5 Å². The Bertz CT molecular complexity index is 1970. The summed E-state index contributed by atoms with van der Waals surface area (Å²) in [7, 11) is 4.79. The molecule has 0 aliphatic carbocycles. The van der Waals surface area contributed by atoms with Crippen LogP contribution < -0.4 is 10.1 Å². The van der Waals surface area contributed by atoms with Crippen molar-refractivity contribution in [3.8, 4) is 39.5 Å². The topological polar surface area (TPSA) is 108 Å². The van der Waals surface area contributed by atoms with Crippen molar-refractivity contribution in [3.05, 3.63) is 95.9 Å². The number of rotatable bonds is 9. The van der Waals surface area contributed by atoms with Crippen LogP contribution in [0.25, 0.3) is 44.7 Å². The van der Waals surface area contributed by atoms with Crippen LogP contribution in [0, 0.1) is 0 Å². The van der Waals surface area contributed by atoms with Gasteiger partial charge in [-0.05, 0) is 29.8 Å². The molecule has 11 heteroatoms. The fraction of sp³-hybridized carbons (Fsp3) is 0.121. The third kappa shape index (κ3) is 5.79. The van der Waals surface area contributed by atoms with Gasteiger partial charge in [0.25, 0.3) is 0 Å². The van der Waals surface area contributed by atoms with E-state index < -0.39 is 5.97 Å². The van der Waals surface area contributed by atoms with Crippen LogP contribution in [0.4, 0.5) is 5.00 Å². The fourth-order valence-corrected chi connectivity index (χ4v) is 6.51. The van der Waals surface area contributed by atoms with E-state index in [2.05, 4.69) is 15.5 Å². The first kappa shape index (κ1) is 29.1. The van der Waals surface area contributed by atoms with E-state index in [9.17, 15) is 9.59 Å². The van der Waals surface area contributed by atoms with Crippen LogP contribution in [0.15, 0.2) is 95.5 Å². The number of nitrogens with zero attached hydrogens (tertiary/aromatic N) is 4. The lowest BCUT2D eigenvalue weighted by atomic mass is 10.0. The zero-order valence-electron chi connectivity index (χ0n) is 24.1. The number of esters is 1. The summed E-state index contributed by atoms with van der Waals surface area (Å²) in [6.45, 7) is 0. The molecule has 0 atom stereocenters. The first-order valence-corrected chi connectivity index (χ1v) is 15.4. The van der Waals surface area contributed by atoms with E-state index in [0.29, 0.717) is 32.9 Å². The number of amides is 1. The first-order valence-electron chi connectivity index (χ1n) is 13.6. The number of para-hydroxylation sites is 1. The first-order chi connectivity index (χ1) is 21.5. The molecule has 3 aromatic carbocycles. The van der Waals surface area contributed by atoms with Gasteiger partial charge in [-0.3, -0.25) is 4.79 Å². The molecule has 0 saturated heterocycles. The van der Waals surface area contributed by atoms with Gasteiger partial charge in [0, 0.05) is 34.5 Å². The maximum Gasteiger partial charge on any atom is 0.341 e. The monoisotopic (exact) mass is 621 g/mol. The molecule has 1 N–H and O–H groups in total. The average Bonchev–Trinajstić information content (AvgIpc) is 3.66. The second-order valence-corrected chi connectivity index (χ2v) is 11.5. The number of fused-ring (bicyclic) bond motifs is 1. The predicted molar refractivity (Wildman–Crippen MR) is 174 cm³/mol. The number of pyridine rings is 1. The number of hydrogen-bond donors (Lipinski definition) is 1. The largest absolute Gasteiger partial charge is 0.497 e. The van der Waals surface area contributed by atoms with Gasteiger partial charge in [0.2, 0.25) is 5.91 Å². The van der Waals surface area contributed by atoms with Gasteiger partial charge in [-0.25, -0.2) is 9.78 Å². The Labute approximate surface area is 261 Å². The lowest BCUT2D eigenvalue weighted by molar-refractivity contribution is -0.113. The van der Waals surface area contributed by atoms with Crippen LogP contribution in [-0.4, -0.2) is 51.6 Å². The number of carbonyl (C=O) groups excluding carboxylic acids is 2. The number of anilines is 1. The zero-order valence-corrected chi connectivity index (χ0v) is 25.7. The molecule has 3 aromatic heterocycles. The normalized spacial score (nSPS) is 11.0. The van der Waals surface area contributed by atoms with E-state index in [1.165, 1.54) is 30.2 Å². The smallest absolute Gasteiger partial charge is 0.341 e. The molecular formula is C33H27N5O4S2. The Morgan fingerprint density at radius 1 is 0.909 bits per heavy atom. The minimum absolute atomic E-state index is 0.0642. The minimum Gasteiger partial charge on any atom is -0.497 e. The van der Waals surface area contributed by atoms with Crippen LogP contribution in [0.1, 0.15) is 10.4 Å². The molecule has 44 heavy (non-hydrogen) atoms. The number of methoxy groups -OCH3 is 2. The molecule has 0 bridgehead atoms. The Hall–Kier alpha value is -5.00. The molecule has 0 saturated carbocycles. The minimum atomic E-state index is -0.530. The van der Waals surface area contributed by atoms with E-state index in [-0.39, 0.29) is 11.7 Å². The zero-order chi connectivity index (χ0) is 30.6. The van der Waals surface area contributed by atoms with Crippen LogP contribution >= 0.6 is 23.1 Å². The van der Waals surface area contributed by atoms with Crippen LogP contribution in [-0.2, 0) is 16.6 Å². The summed E-state index contributed by atoms with van der Waals surface area (Å²) in [5.74, 6) is 0.620. The molecule has 6 rings (SSSR count). The van der Waals surface area contributed by atoms with Crippen LogP contribution in [0.5, 0.6) is 5.75 Å². The van der Waals surface area contributed by atoms with Crippen molar-refractivity contribution in [1.29, 1.82) is 0 Å². The van der Waals surface area contributed by atoms with Gasteiger partial charge >= 0.3 is 5.97 Å². The Balaban J connectivity index is 1.23. The SMILES string of the molecule is COC(=O)c1c(-c2ccc(OC)cc2)csc1NC(=O)CSc1nnc(-c2cc(-c3ccccc3)nc3ccccc23)n1C. The van der Waals surface area contributed by atoms with Crippen molar-refractivity contribution in [1.82, 2.24) is 19.7 Å². The molecule has 3 heterocycles. The molecule has 0 spiro atoms. The van der Waals surface area contributed by atoms with Gasteiger partial charge in [-0.2, -0.15) is 0 Å². The number of aromatic nitrogens is 4. The predicted octanol–water partition coefficient (Wildman–Crippen LogP) is 6.95. The van der Waals surface area contributed by atoms with Crippen molar-refractivity contribution in [3.63, 3.8) is 0 Å². The van der Waals surface area contributed by atoms with Crippen LogP contribution in [0.2, 0.25) is 0 Å². The lowest BCUT2D eigenvalue weighted by Crippen LogP contribution is -2.16. The number of benzene rings is 3. The summed E-state index contributed by atoms with van der Waals surface area (Å²) in [4.78, 5) is 30.7. The number of thioether (sulfide) groups is 1. The van der Waals surface area contributed by atoms with Gasteiger partial charge in [0.05, 0.1) is 31.2 Å². The van der Waals surface area contributed by atoms with E-state index in [0.717, 1.165) is 33.3 Å². The van der Waals surface area contributed by atoms with Gasteiger partial charge in [0.1, 0.15) is 16.3 Å². The summed E-state index contributed by atoms with van der Waals surface area (Å²) in [6.07, 6.45) is 0. The van der Waals surface area contributed by atoms with Crippen LogP contribution in [0.3, 0.4) is 0 Å². The van der Waals surface area contributed by atoms with Gasteiger partial charge in [0.15, 0.2) is 11.0 Å². The summed E-state index contributed by atoms with van der Waals surface area (Å²) in [5, 5.41) is 15.6. The molecule has 0 aliphatic heterocycles. The second kappa shape index (κ2) is 12.7. The van der Waals surface area contributed by atoms with Crippen molar-refractivity contribution in [2.75, 3.05) is 25.3 Å². The fourth-order valence-electron chi connectivity index (χ4n) is 4.82. The van der Waals surface area contributed by atoms with Gasteiger partial charge in [-0.15, -0.1) is 21.5 Å². The Morgan fingerprint density at radius 2 is 1.66 bits per heavy atom. The average molecular weight is 622 g/mol. The van der Waals surface area contributed by atoms with E-state index in [1.54, 1.807) is 7.11 Å². The molecule has 0 radical (unpaired) electrons. The van der Waals surface area contributed by atoms with Gasteiger partial charge < -0.3 is 19.4 Å². The Morgan fingerprint density at radius 3 is 2.41 bits per heavy atom. The van der Waals surface area contributed by atoms with Crippen molar-refractivity contribution in [2.45, 2.75) is 5.16 Å². The highest BCUT2D eigenvalue weighted by Gasteiger charge is 2.23. The summed E-state index contributed by atoms with van der Waals surface area (Å²) in [5.41, 5.74) is 5.37. The Kier molecular flexibility index (Phi) is 8.40. The molecule has 0 aliphatic rings. The van der Waals surface area contributed by atoms with Crippen molar-refractivity contribution < 1.29 is 19.1 Å². The third-order valence-corrected chi connectivity index (χ3v) is 8.94. The van der Waals surface area contributed by atoms with Crippen molar-refractivity contribution >= 4 is 50.9 Å². The van der Waals surface area contributed by atoms with Crippen molar-refractivity contribution in [2.24, 2.45) is 7.05 Å². The summed E-state index contributed by atoms with van der Waals surface area (Å²) >= 11 is 2.53. The number of ether oxygens (including phenoxy) is 2. The maximum absolute atomic E-state index is 13.1. The van der Waals surface area contributed by atoms with E-state index in [1.807, 2.05) is 102 Å². The molecular weight excluding hydrogens is 595 g/mol. The molecule has 1 amide bonds. The number of hydrogen-bond acceptors (Lipinski definition) is 9. The highest BCUT2D eigenvalue weighted by atomic mass is 32.2. The second-order valence-electron chi connectivity index (χ2n) is 9.71. The quantitative estimate of drug-likeness (QED) is 0.137. The molecule has 9 nitrogen and oxygen atoms in total. The maximum atomic E-state index is 13.1. The summed E-state index contributed by atoms with van der Waals surface area (Å²) in [6, 6.07) is 27.3. The number of nitrogens with one attached hydrogen (secondary N) is 1. The lowest BCUT2D eigenvalue weighted by Gasteiger charge is -2.10. The molecule has 220 valence electrons. The molecule has 6 aromatic rings. The van der Waals surface area contributed by atoms with E-state index >= 15 is 0 Å². The summed E-state index contributed by atoms with van der Waals surface area (Å²) < 4.78 is 12.2. The number of thiophene rings is 1. The highest BCUT2D eigenvalue weighted by Crippen LogP contribution is 2.37. The van der Waals surface area contributed by atoms with Gasteiger partial charge in [-0.1, -0.05) is 72.4 Å². The standard InChI is InChI=1S/C33H27N5O4S2/c1-38-30(24-17-27(21-9-5-4-6-10-21)34-26-12-8-7-11-23(24)26)36-37-33(38)44-19-28(39)35-31-29(32(40)42-3)25(18-43-31)20-13-15-22(41-2)16-14-20/h4-18H,19H2,1-3H3,(H,35,39).